The van der Waals surface area contributed by atoms with Crippen LogP contribution in [0.4, 0.5) is 0 Å². The molecule has 1 aromatic carbocycles. The molecule has 0 radical (unpaired) electrons. The number of nitrogens with two attached hydrogens (primary N) is 1. The van der Waals surface area contributed by atoms with Gasteiger partial charge in [-0.05, 0) is 52.5 Å². The first-order valence-corrected chi connectivity index (χ1v) is 10.4. The number of amides is 1. The fourth-order valence-electron chi connectivity index (χ4n) is 4.20. The Morgan fingerprint density at radius 3 is 2.52 bits per heavy atom. The van der Waals surface area contributed by atoms with Crippen LogP contribution in [0.1, 0.15) is 67.6 Å². The summed E-state index contributed by atoms with van der Waals surface area (Å²) < 4.78 is 0. The molecule has 146 valence electrons. The Hall–Kier alpha value is -1.76. The van der Waals surface area contributed by atoms with Crippen molar-refractivity contribution in [2.75, 3.05) is 0 Å². The molecule has 1 fully saturated rings. The summed E-state index contributed by atoms with van der Waals surface area (Å²) in [4.78, 5) is 17.2. The van der Waals surface area contributed by atoms with E-state index in [9.17, 15) is 4.79 Å². The summed E-state index contributed by atoms with van der Waals surface area (Å²) in [5, 5.41) is 9.42. The second-order valence-corrected chi connectivity index (χ2v) is 9.73. The number of benzene rings is 1. The highest BCUT2D eigenvalue weighted by Gasteiger charge is 2.38. The second kappa shape index (κ2) is 7.70. The molecule has 0 saturated carbocycles. The van der Waals surface area contributed by atoms with E-state index in [1.165, 1.54) is 16.9 Å². The number of carbonyl (C=O) groups excluding carboxylic acids is 1. The minimum Gasteiger partial charge on any atom is -0.348 e. The van der Waals surface area contributed by atoms with Gasteiger partial charge < -0.3 is 16.4 Å². The summed E-state index contributed by atoms with van der Waals surface area (Å²) >= 11 is 1.46. The Bertz CT molecular complexity index is 768. The molecular formula is C21H30N4OS. The molecule has 1 amide bonds. The van der Waals surface area contributed by atoms with E-state index in [-0.39, 0.29) is 29.1 Å². The van der Waals surface area contributed by atoms with Gasteiger partial charge in [0.05, 0.1) is 6.04 Å². The zero-order chi connectivity index (χ0) is 19.7. The summed E-state index contributed by atoms with van der Waals surface area (Å²) in [7, 11) is 0. The SMILES string of the molecule is CC1(C)CC(NC(=O)c2csc(C(N)Cc3ccccc3)n2)CC(C)(C)N1. The first-order valence-electron chi connectivity index (χ1n) is 9.49. The maximum atomic E-state index is 12.7. The lowest BCUT2D eigenvalue weighted by atomic mass is 9.79. The third kappa shape index (κ3) is 5.37. The van der Waals surface area contributed by atoms with Gasteiger partial charge in [-0.25, -0.2) is 4.98 Å². The average molecular weight is 387 g/mol. The third-order valence-electron chi connectivity index (χ3n) is 4.90. The van der Waals surface area contributed by atoms with Crippen LogP contribution >= 0.6 is 11.3 Å². The number of piperidine rings is 1. The Morgan fingerprint density at radius 1 is 1.26 bits per heavy atom. The van der Waals surface area contributed by atoms with E-state index in [4.69, 9.17) is 5.73 Å². The van der Waals surface area contributed by atoms with E-state index in [0.29, 0.717) is 12.1 Å². The molecule has 27 heavy (non-hydrogen) atoms. The van der Waals surface area contributed by atoms with Crippen LogP contribution in [0.25, 0.3) is 0 Å². The molecule has 1 atom stereocenters. The Kier molecular flexibility index (Phi) is 5.70. The zero-order valence-electron chi connectivity index (χ0n) is 16.6. The molecular weight excluding hydrogens is 356 g/mol. The second-order valence-electron chi connectivity index (χ2n) is 8.84. The summed E-state index contributed by atoms with van der Waals surface area (Å²) in [5.74, 6) is -0.108. The minimum absolute atomic E-state index is 0.00896. The quantitative estimate of drug-likeness (QED) is 0.735. The minimum atomic E-state index is -0.198. The number of aromatic nitrogens is 1. The Labute approximate surface area is 165 Å². The number of thiazole rings is 1. The van der Waals surface area contributed by atoms with Crippen LogP contribution < -0.4 is 16.4 Å². The first-order chi connectivity index (χ1) is 12.6. The maximum Gasteiger partial charge on any atom is 0.270 e. The highest BCUT2D eigenvalue weighted by molar-refractivity contribution is 7.09. The van der Waals surface area contributed by atoms with Gasteiger partial charge in [-0.3, -0.25) is 4.79 Å². The predicted molar refractivity (Wildman–Crippen MR) is 111 cm³/mol. The molecule has 6 heteroatoms. The Balaban J connectivity index is 1.63. The van der Waals surface area contributed by atoms with Gasteiger partial charge in [-0.15, -0.1) is 11.3 Å². The van der Waals surface area contributed by atoms with Gasteiger partial charge in [-0.1, -0.05) is 30.3 Å². The maximum absolute atomic E-state index is 12.7. The Morgan fingerprint density at radius 2 is 1.89 bits per heavy atom. The van der Waals surface area contributed by atoms with E-state index in [1.54, 1.807) is 0 Å². The average Bonchev–Trinajstić information content (AvgIpc) is 3.03. The van der Waals surface area contributed by atoms with Crippen LogP contribution in [-0.4, -0.2) is 28.0 Å². The van der Waals surface area contributed by atoms with Crippen LogP contribution in [0.3, 0.4) is 0 Å². The van der Waals surface area contributed by atoms with Crippen LogP contribution in [0, 0.1) is 0 Å². The van der Waals surface area contributed by atoms with E-state index in [1.807, 2.05) is 23.6 Å². The predicted octanol–water partition coefficient (Wildman–Crippen LogP) is 3.42. The van der Waals surface area contributed by atoms with Gasteiger partial charge in [0.2, 0.25) is 0 Å². The molecule has 2 aromatic rings. The molecule has 0 spiro atoms. The van der Waals surface area contributed by atoms with Gasteiger partial charge in [0.15, 0.2) is 0 Å². The van der Waals surface area contributed by atoms with Gasteiger partial charge in [0.25, 0.3) is 5.91 Å². The molecule has 1 saturated heterocycles. The fraction of sp³-hybridized carbons (Fsp3) is 0.524. The molecule has 0 aliphatic carbocycles. The molecule has 1 unspecified atom stereocenters. The number of hydrogen-bond acceptors (Lipinski definition) is 5. The van der Waals surface area contributed by atoms with Crippen LogP contribution in [0.5, 0.6) is 0 Å². The lowest BCUT2D eigenvalue weighted by Crippen LogP contribution is -2.62. The summed E-state index contributed by atoms with van der Waals surface area (Å²) in [6.45, 7) is 8.71. The van der Waals surface area contributed by atoms with Crippen molar-refractivity contribution in [1.29, 1.82) is 0 Å². The first kappa shape index (κ1) is 20.0. The molecule has 1 aromatic heterocycles. The lowest BCUT2D eigenvalue weighted by molar-refractivity contribution is 0.0868. The molecule has 1 aliphatic heterocycles. The summed E-state index contributed by atoms with van der Waals surface area (Å²) in [6, 6.07) is 10.0. The fourth-order valence-corrected chi connectivity index (χ4v) is 5.00. The van der Waals surface area contributed by atoms with Crippen molar-refractivity contribution in [2.45, 2.75) is 70.1 Å². The van der Waals surface area contributed by atoms with Gasteiger partial charge in [0.1, 0.15) is 10.7 Å². The molecule has 1 aliphatic rings. The standard InChI is InChI=1S/C21H30N4OS/c1-20(2)11-15(12-21(3,4)25-20)23-18(26)17-13-27-19(24-17)16(22)10-14-8-6-5-7-9-14/h5-9,13,15-16,25H,10-12,22H2,1-4H3,(H,23,26). The number of nitrogens with zero attached hydrogens (tertiary/aromatic N) is 1. The van der Waals surface area contributed by atoms with Crippen molar-refractivity contribution in [3.8, 4) is 0 Å². The van der Waals surface area contributed by atoms with Crippen LogP contribution in [0.2, 0.25) is 0 Å². The van der Waals surface area contributed by atoms with Gasteiger partial charge in [-0.2, -0.15) is 0 Å². The lowest BCUT2D eigenvalue weighted by Gasteiger charge is -2.46. The number of rotatable bonds is 5. The smallest absolute Gasteiger partial charge is 0.270 e. The van der Waals surface area contributed by atoms with Crippen LogP contribution in [-0.2, 0) is 6.42 Å². The normalized spacial score (nSPS) is 20.2. The van der Waals surface area contributed by atoms with Crippen molar-refractivity contribution in [3.05, 3.63) is 52.0 Å². The molecule has 3 rings (SSSR count). The summed E-state index contributed by atoms with van der Waals surface area (Å²) in [6.07, 6.45) is 2.51. The van der Waals surface area contributed by atoms with E-state index in [0.717, 1.165) is 17.8 Å². The van der Waals surface area contributed by atoms with Crippen molar-refractivity contribution in [3.63, 3.8) is 0 Å². The van der Waals surface area contributed by atoms with Crippen LogP contribution in [0.15, 0.2) is 35.7 Å². The number of nitrogens with one attached hydrogen (secondary N) is 2. The van der Waals surface area contributed by atoms with E-state index in [2.05, 4.69) is 55.4 Å². The topological polar surface area (TPSA) is 80.0 Å². The van der Waals surface area contributed by atoms with Gasteiger partial charge >= 0.3 is 0 Å². The molecule has 5 nitrogen and oxygen atoms in total. The van der Waals surface area contributed by atoms with Crippen molar-refractivity contribution in [2.24, 2.45) is 5.73 Å². The number of hydrogen-bond donors (Lipinski definition) is 3. The van der Waals surface area contributed by atoms with Crippen molar-refractivity contribution in [1.82, 2.24) is 15.6 Å². The third-order valence-corrected chi connectivity index (χ3v) is 5.87. The number of carbonyl (C=O) groups is 1. The molecule has 0 bridgehead atoms. The molecule has 2 heterocycles. The van der Waals surface area contributed by atoms with E-state index >= 15 is 0 Å². The van der Waals surface area contributed by atoms with E-state index < -0.39 is 0 Å². The highest BCUT2D eigenvalue weighted by Crippen LogP contribution is 2.29. The van der Waals surface area contributed by atoms with Crippen molar-refractivity contribution >= 4 is 17.2 Å². The zero-order valence-corrected chi connectivity index (χ0v) is 17.4. The van der Waals surface area contributed by atoms with Gasteiger partial charge in [0, 0.05) is 22.5 Å². The molecule has 4 N–H and O–H groups in total. The monoisotopic (exact) mass is 386 g/mol. The summed E-state index contributed by atoms with van der Waals surface area (Å²) in [5.41, 5.74) is 7.92. The largest absolute Gasteiger partial charge is 0.348 e. The highest BCUT2D eigenvalue weighted by atomic mass is 32.1. The van der Waals surface area contributed by atoms with Crippen molar-refractivity contribution < 1.29 is 4.79 Å².